The SMILES string of the molecule is C=C(C)C(=O)OC(C)OC(=O)c1ccccc1I. The largest absolute Gasteiger partial charge is 0.422 e. The van der Waals surface area contributed by atoms with Crippen molar-refractivity contribution >= 4 is 34.5 Å². The second-order valence-electron chi connectivity index (χ2n) is 3.64. The average Bonchev–Trinajstić information content (AvgIpc) is 2.28. The number of carbonyl (C=O) groups is 2. The first-order valence-electron chi connectivity index (χ1n) is 5.24. The number of carbonyl (C=O) groups excluding carboxylic acids is 2. The summed E-state index contributed by atoms with van der Waals surface area (Å²) in [6, 6.07) is 7.01. The minimum absolute atomic E-state index is 0.257. The van der Waals surface area contributed by atoms with Crippen molar-refractivity contribution in [3.63, 3.8) is 0 Å². The third kappa shape index (κ3) is 4.14. The molecular formula is C13H13IO4. The maximum atomic E-state index is 11.8. The molecule has 0 aromatic heterocycles. The van der Waals surface area contributed by atoms with Gasteiger partial charge in [-0.15, -0.1) is 0 Å². The zero-order chi connectivity index (χ0) is 13.7. The summed E-state index contributed by atoms with van der Waals surface area (Å²) in [5, 5.41) is 0. The molecule has 18 heavy (non-hydrogen) atoms. The zero-order valence-corrected chi connectivity index (χ0v) is 12.3. The van der Waals surface area contributed by atoms with Crippen molar-refractivity contribution in [2.45, 2.75) is 20.1 Å². The molecule has 1 atom stereocenters. The summed E-state index contributed by atoms with van der Waals surface area (Å²) >= 11 is 2.04. The van der Waals surface area contributed by atoms with Gasteiger partial charge in [0.1, 0.15) is 0 Å². The second-order valence-corrected chi connectivity index (χ2v) is 4.80. The zero-order valence-electron chi connectivity index (χ0n) is 10.1. The van der Waals surface area contributed by atoms with E-state index in [2.05, 4.69) is 6.58 Å². The number of halogens is 1. The molecule has 0 aliphatic heterocycles. The molecule has 96 valence electrons. The molecule has 5 heteroatoms. The summed E-state index contributed by atoms with van der Waals surface area (Å²) in [4.78, 5) is 23.0. The summed E-state index contributed by atoms with van der Waals surface area (Å²) in [6.45, 7) is 6.45. The molecule has 0 bridgehead atoms. The van der Waals surface area contributed by atoms with Crippen LogP contribution < -0.4 is 0 Å². The van der Waals surface area contributed by atoms with Gasteiger partial charge in [0.15, 0.2) is 0 Å². The smallest absolute Gasteiger partial charge is 0.342 e. The molecule has 1 aromatic rings. The van der Waals surface area contributed by atoms with E-state index in [1.165, 1.54) is 13.8 Å². The van der Waals surface area contributed by atoms with Gasteiger partial charge in [-0.3, -0.25) is 0 Å². The van der Waals surface area contributed by atoms with Gasteiger partial charge < -0.3 is 9.47 Å². The molecule has 0 saturated heterocycles. The van der Waals surface area contributed by atoms with E-state index < -0.39 is 18.2 Å². The maximum Gasteiger partial charge on any atom is 0.342 e. The van der Waals surface area contributed by atoms with Gasteiger partial charge in [-0.1, -0.05) is 18.7 Å². The lowest BCUT2D eigenvalue weighted by Gasteiger charge is -2.14. The molecule has 1 unspecified atom stereocenters. The van der Waals surface area contributed by atoms with Crippen LogP contribution >= 0.6 is 22.6 Å². The lowest BCUT2D eigenvalue weighted by Crippen LogP contribution is -2.22. The molecule has 0 N–H and O–H groups in total. The fraction of sp³-hybridized carbons (Fsp3) is 0.231. The van der Waals surface area contributed by atoms with Crippen LogP contribution in [0.25, 0.3) is 0 Å². The second kappa shape index (κ2) is 6.53. The topological polar surface area (TPSA) is 52.6 Å². The van der Waals surface area contributed by atoms with Crippen molar-refractivity contribution in [3.05, 3.63) is 45.6 Å². The Morgan fingerprint density at radius 1 is 1.28 bits per heavy atom. The molecular weight excluding hydrogens is 347 g/mol. The Morgan fingerprint density at radius 3 is 2.44 bits per heavy atom. The van der Waals surface area contributed by atoms with Gasteiger partial charge in [0, 0.05) is 16.1 Å². The van der Waals surface area contributed by atoms with Crippen molar-refractivity contribution in [2.24, 2.45) is 0 Å². The van der Waals surface area contributed by atoms with Gasteiger partial charge in [0.2, 0.25) is 6.29 Å². The molecule has 0 heterocycles. The molecule has 0 fully saturated rings. The highest BCUT2D eigenvalue weighted by Gasteiger charge is 2.17. The van der Waals surface area contributed by atoms with Crippen LogP contribution in [0.15, 0.2) is 36.4 Å². The summed E-state index contributed by atoms with van der Waals surface area (Å²) in [7, 11) is 0. The van der Waals surface area contributed by atoms with Gasteiger partial charge in [0.25, 0.3) is 0 Å². The fourth-order valence-electron chi connectivity index (χ4n) is 1.12. The van der Waals surface area contributed by atoms with Crippen LogP contribution in [0.1, 0.15) is 24.2 Å². The van der Waals surface area contributed by atoms with Crippen molar-refractivity contribution < 1.29 is 19.1 Å². The number of rotatable bonds is 4. The molecule has 4 nitrogen and oxygen atoms in total. The van der Waals surface area contributed by atoms with E-state index in [1.54, 1.807) is 18.2 Å². The van der Waals surface area contributed by atoms with Crippen LogP contribution in [0.2, 0.25) is 0 Å². The average molecular weight is 360 g/mol. The Balaban J connectivity index is 2.63. The highest BCUT2D eigenvalue weighted by atomic mass is 127. The van der Waals surface area contributed by atoms with E-state index in [-0.39, 0.29) is 5.57 Å². The van der Waals surface area contributed by atoms with Crippen molar-refractivity contribution in [1.29, 1.82) is 0 Å². The van der Waals surface area contributed by atoms with Crippen LogP contribution in [0.5, 0.6) is 0 Å². The predicted molar refractivity (Wildman–Crippen MR) is 74.9 cm³/mol. The third-order valence-electron chi connectivity index (χ3n) is 1.99. The Labute approximate surface area is 119 Å². The number of hydrogen-bond donors (Lipinski definition) is 0. The predicted octanol–water partition coefficient (Wildman–Crippen LogP) is 2.91. The van der Waals surface area contributed by atoms with Crippen LogP contribution in [0, 0.1) is 3.57 Å². The Morgan fingerprint density at radius 2 is 1.89 bits per heavy atom. The maximum absolute atomic E-state index is 11.8. The number of hydrogen-bond acceptors (Lipinski definition) is 4. The summed E-state index contributed by atoms with van der Waals surface area (Å²) in [5.41, 5.74) is 0.698. The normalized spacial score (nSPS) is 11.5. The van der Waals surface area contributed by atoms with Crippen molar-refractivity contribution in [2.75, 3.05) is 0 Å². The summed E-state index contributed by atoms with van der Waals surface area (Å²) in [6.07, 6.45) is -0.947. The molecule has 0 aliphatic carbocycles. The fourth-order valence-corrected chi connectivity index (χ4v) is 1.72. The van der Waals surface area contributed by atoms with Crippen LogP contribution in [0.3, 0.4) is 0 Å². The lowest BCUT2D eigenvalue weighted by molar-refractivity contribution is -0.160. The van der Waals surface area contributed by atoms with E-state index in [0.717, 1.165) is 3.57 Å². The molecule has 0 amide bonds. The third-order valence-corrected chi connectivity index (χ3v) is 2.93. The first-order valence-corrected chi connectivity index (χ1v) is 6.31. The number of benzene rings is 1. The molecule has 0 spiro atoms. The van der Waals surface area contributed by atoms with Crippen LogP contribution in [-0.4, -0.2) is 18.2 Å². The minimum atomic E-state index is -0.947. The first-order chi connectivity index (χ1) is 8.41. The quantitative estimate of drug-likeness (QED) is 0.359. The van der Waals surface area contributed by atoms with Gasteiger partial charge in [-0.25, -0.2) is 9.59 Å². The van der Waals surface area contributed by atoms with Crippen molar-refractivity contribution in [3.8, 4) is 0 Å². The van der Waals surface area contributed by atoms with Crippen LogP contribution in [-0.2, 0) is 14.3 Å². The number of esters is 2. The Hall–Kier alpha value is -1.37. The van der Waals surface area contributed by atoms with Gasteiger partial charge in [-0.05, 0) is 41.6 Å². The van der Waals surface area contributed by atoms with Crippen LogP contribution in [0.4, 0.5) is 0 Å². The number of ether oxygens (including phenoxy) is 2. The van der Waals surface area contributed by atoms with Gasteiger partial charge >= 0.3 is 11.9 Å². The Bertz CT molecular complexity index is 482. The molecule has 1 aromatic carbocycles. The minimum Gasteiger partial charge on any atom is -0.422 e. The standard InChI is InChI=1S/C13H13IO4/c1-8(2)12(15)17-9(3)18-13(16)10-6-4-5-7-11(10)14/h4-7,9H,1H2,2-3H3. The van der Waals surface area contributed by atoms with E-state index in [0.29, 0.717) is 5.56 Å². The summed E-state index contributed by atoms with van der Waals surface area (Å²) < 4.78 is 10.6. The van der Waals surface area contributed by atoms with Gasteiger partial charge in [-0.2, -0.15) is 0 Å². The van der Waals surface area contributed by atoms with Crippen molar-refractivity contribution in [1.82, 2.24) is 0 Å². The monoisotopic (exact) mass is 360 g/mol. The first kappa shape index (κ1) is 14.7. The highest BCUT2D eigenvalue weighted by Crippen LogP contribution is 2.14. The van der Waals surface area contributed by atoms with E-state index >= 15 is 0 Å². The lowest BCUT2D eigenvalue weighted by atomic mass is 10.2. The van der Waals surface area contributed by atoms with E-state index in [1.807, 2.05) is 28.7 Å². The molecule has 0 aliphatic rings. The van der Waals surface area contributed by atoms with E-state index in [9.17, 15) is 9.59 Å². The highest BCUT2D eigenvalue weighted by molar-refractivity contribution is 14.1. The Kier molecular flexibility index (Phi) is 5.33. The molecule has 1 rings (SSSR count). The molecule has 0 radical (unpaired) electrons. The van der Waals surface area contributed by atoms with Gasteiger partial charge in [0.05, 0.1) is 5.56 Å². The van der Waals surface area contributed by atoms with E-state index in [4.69, 9.17) is 9.47 Å². The molecule has 0 saturated carbocycles. The summed E-state index contributed by atoms with van der Waals surface area (Å²) in [5.74, 6) is -1.11.